The molecule has 1 aromatic rings. The highest BCUT2D eigenvalue weighted by Crippen LogP contribution is 2.30. The Labute approximate surface area is 115 Å². The fourth-order valence-corrected chi connectivity index (χ4v) is 2.71. The van der Waals surface area contributed by atoms with E-state index in [9.17, 15) is 8.42 Å². The van der Waals surface area contributed by atoms with Gasteiger partial charge in [0, 0.05) is 15.2 Å². The van der Waals surface area contributed by atoms with Crippen molar-refractivity contribution in [2.45, 2.75) is 25.2 Å². The van der Waals surface area contributed by atoms with Crippen LogP contribution in [-0.4, -0.2) is 15.0 Å². The van der Waals surface area contributed by atoms with Crippen LogP contribution in [0.5, 0.6) is 5.75 Å². The molecule has 0 aliphatic heterocycles. The van der Waals surface area contributed by atoms with Gasteiger partial charge in [0.05, 0.1) is 6.61 Å². The maximum absolute atomic E-state index is 11.4. The van der Waals surface area contributed by atoms with Crippen LogP contribution in [0.4, 0.5) is 0 Å². The molecule has 0 aliphatic rings. The standard InChI is InChI=1S/C11H14BrClO3S/c1-8(2)5-6-16-10-4-3-9(12)7-11(10)17(13,14)15/h3-4,7-8H,5-6H2,1-2H3. The molecule has 0 aromatic heterocycles. The summed E-state index contributed by atoms with van der Waals surface area (Å²) in [4.78, 5) is -0.00250. The molecule has 0 N–H and O–H groups in total. The minimum atomic E-state index is -3.79. The predicted molar refractivity (Wildman–Crippen MR) is 72.1 cm³/mol. The van der Waals surface area contributed by atoms with Crippen LogP contribution in [0, 0.1) is 5.92 Å². The highest BCUT2D eigenvalue weighted by atomic mass is 79.9. The van der Waals surface area contributed by atoms with Crippen molar-refractivity contribution in [1.29, 1.82) is 0 Å². The molecule has 0 bridgehead atoms. The molecule has 0 amide bonds. The molecule has 96 valence electrons. The van der Waals surface area contributed by atoms with E-state index in [4.69, 9.17) is 15.4 Å². The third-order valence-corrected chi connectivity index (χ3v) is 3.96. The molecule has 0 radical (unpaired) electrons. The number of benzene rings is 1. The predicted octanol–water partition coefficient (Wildman–Crippen LogP) is 3.80. The van der Waals surface area contributed by atoms with Crippen LogP contribution in [0.3, 0.4) is 0 Å². The van der Waals surface area contributed by atoms with E-state index in [2.05, 4.69) is 29.8 Å². The van der Waals surface area contributed by atoms with Gasteiger partial charge in [-0.2, -0.15) is 0 Å². The van der Waals surface area contributed by atoms with Crippen molar-refractivity contribution in [2.24, 2.45) is 5.92 Å². The summed E-state index contributed by atoms with van der Waals surface area (Å²) in [5.41, 5.74) is 0. The van der Waals surface area contributed by atoms with Crippen molar-refractivity contribution >= 4 is 35.7 Å². The summed E-state index contributed by atoms with van der Waals surface area (Å²) in [7, 11) is 1.56. The summed E-state index contributed by atoms with van der Waals surface area (Å²) in [5, 5.41) is 0. The maximum Gasteiger partial charge on any atom is 0.265 e. The Hall–Kier alpha value is -0.260. The van der Waals surface area contributed by atoms with Gasteiger partial charge in [0.2, 0.25) is 0 Å². The van der Waals surface area contributed by atoms with Crippen molar-refractivity contribution < 1.29 is 13.2 Å². The second kappa shape index (κ2) is 6.07. The highest BCUT2D eigenvalue weighted by molar-refractivity contribution is 9.10. The Balaban J connectivity index is 2.92. The highest BCUT2D eigenvalue weighted by Gasteiger charge is 2.17. The number of hydrogen-bond acceptors (Lipinski definition) is 3. The largest absolute Gasteiger partial charge is 0.492 e. The first-order valence-corrected chi connectivity index (χ1v) is 8.28. The molecule has 17 heavy (non-hydrogen) atoms. The van der Waals surface area contributed by atoms with E-state index in [-0.39, 0.29) is 4.90 Å². The van der Waals surface area contributed by atoms with Gasteiger partial charge in [0.25, 0.3) is 9.05 Å². The van der Waals surface area contributed by atoms with E-state index in [0.29, 0.717) is 22.7 Å². The minimum Gasteiger partial charge on any atom is -0.492 e. The Morgan fingerprint density at radius 1 is 1.41 bits per heavy atom. The van der Waals surface area contributed by atoms with Gasteiger partial charge in [-0.1, -0.05) is 29.8 Å². The zero-order valence-corrected chi connectivity index (χ0v) is 12.8. The fourth-order valence-electron chi connectivity index (χ4n) is 1.20. The lowest BCUT2D eigenvalue weighted by Crippen LogP contribution is -2.04. The molecule has 0 unspecified atom stereocenters. The van der Waals surface area contributed by atoms with Crippen LogP contribution in [0.25, 0.3) is 0 Å². The van der Waals surface area contributed by atoms with Gasteiger partial charge in [-0.05, 0) is 30.5 Å². The molecule has 1 aromatic carbocycles. The monoisotopic (exact) mass is 340 g/mol. The van der Waals surface area contributed by atoms with Crippen LogP contribution >= 0.6 is 26.6 Å². The molecule has 0 saturated carbocycles. The van der Waals surface area contributed by atoms with Crippen molar-refractivity contribution in [3.05, 3.63) is 22.7 Å². The van der Waals surface area contributed by atoms with Crippen LogP contribution in [0.1, 0.15) is 20.3 Å². The lowest BCUT2D eigenvalue weighted by molar-refractivity contribution is 0.283. The molecular weight excluding hydrogens is 328 g/mol. The molecule has 0 atom stereocenters. The summed E-state index contributed by atoms with van der Waals surface area (Å²) < 4.78 is 28.8. The smallest absolute Gasteiger partial charge is 0.265 e. The third-order valence-electron chi connectivity index (χ3n) is 2.12. The first-order chi connectivity index (χ1) is 7.80. The Morgan fingerprint density at radius 3 is 2.59 bits per heavy atom. The van der Waals surface area contributed by atoms with E-state index in [1.54, 1.807) is 12.1 Å². The lowest BCUT2D eigenvalue weighted by atomic mass is 10.1. The van der Waals surface area contributed by atoms with E-state index in [0.717, 1.165) is 6.42 Å². The molecular formula is C11H14BrClO3S. The van der Waals surface area contributed by atoms with Gasteiger partial charge in [-0.25, -0.2) is 8.42 Å². The summed E-state index contributed by atoms with van der Waals surface area (Å²) in [6, 6.07) is 4.75. The third kappa shape index (κ3) is 4.85. The first-order valence-electron chi connectivity index (χ1n) is 5.17. The zero-order valence-electron chi connectivity index (χ0n) is 9.61. The molecule has 0 aliphatic carbocycles. The molecule has 0 fully saturated rings. The van der Waals surface area contributed by atoms with Gasteiger partial charge >= 0.3 is 0 Å². The average molecular weight is 342 g/mol. The van der Waals surface area contributed by atoms with Crippen LogP contribution in [-0.2, 0) is 9.05 Å². The average Bonchev–Trinajstić information content (AvgIpc) is 2.18. The van der Waals surface area contributed by atoms with E-state index in [1.165, 1.54) is 6.07 Å². The van der Waals surface area contributed by atoms with E-state index < -0.39 is 9.05 Å². The summed E-state index contributed by atoms with van der Waals surface area (Å²) in [6.07, 6.45) is 0.859. The van der Waals surface area contributed by atoms with Crippen molar-refractivity contribution in [3.8, 4) is 5.75 Å². The van der Waals surface area contributed by atoms with Crippen molar-refractivity contribution in [3.63, 3.8) is 0 Å². The Bertz CT molecular complexity index is 485. The number of ether oxygens (including phenoxy) is 1. The molecule has 0 spiro atoms. The van der Waals surface area contributed by atoms with Crippen molar-refractivity contribution in [2.75, 3.05) is 6.61 Å². The van der Waals surface area contributed by atoms with E-state index in [1.807, 2.05) is 0 Å². The van der Waals surface area contributed by atoms with Crippen LogP contribution in [0.15, 0.2) is 27.6 Å². The number of halogens is 2. The molecule has 1 rings (SSSR count). The second-order valence-electron chi connectivity index (χ2n) is 4.06. The molecule has 3 nitrogen and oxygen atoms in total. The fraction of sp³-hybridized carbons (Fsp3) is 0.455. The van der Waals surface area contributed by atoms with Gasteiger partial charge in [-0.3, -0.25) is 0 Å². The van der Waals surface area contributed by atoms with Gasteiger partial charge < -0.3 is 4.74 Å². The van der Waals surface area contributed by atoms with Crippen LogP contribution < -0.4 is 4.74 Å². The van der Waals surface area contributed by atoms with Crippen LogP contribution in [0.2, 0.25) is 0 Å². The van der Waals surface area contributed by atoms with Gasteiger partial charge in [0.15, 0.2) is 0 Å². The molecule has 6 heteroatoms. The second-order valence-corrected chi connectivity index (χ2v) is 7.51. The normalized spacial score (nSPS) is 11.8. The topological polar surface area (TPSA) is 43.4 Å². The van der Waals surface area contributed by atoms with Gasteiger partial charge in [-0.15, -0.1) is 0 Å². The quantitative estimate of drug-likeness (QED) is 0.765. The number of hydrogen-bond donors (Lipinski definition) is 0. The van der Waals surface area contributed by atoms with Crippen molar-refractivity contribution in [1.82, 2.24) is 0 Å². The first kappa shape index (κ1) is 14.8. The minimum absolute atomic E-state index is 0.00250. The summed E-state index contributed by atoms with van der Waals surface area (Å²) in [5.74, 6) is 0.797. The number of rotatable bonds is 5. The molecule has 0 heterocycles. The summed E-state index contributed by atoms with van der Waals surface area (Å²) in [6.45, 7) is 4.62. The molecule has 0 saturated heterocycles. The SMILES string of the molecule is CC(C)CCOc1ccc(Br)cc1S(=O)(=O)Cl. The Morgan fingerprint density at radius 2 is 2.06 bits per heavy atom. The maximum atomic E-state index is 11.4. The summed E-state index contributed by atoms with van der Waals surface area (Å²) >= 11 is 3.20. The zero-order chi connectivity index (χ0) is 13.1. The Kier molecular flexibility index (Phi) is 5.28. The van der Waals surface area contributed by atoms with Gasteiger partial charge in [0.1, 0.15) is 10.6 Å². The lowest BCUT2D eigenvalue weighted by Gasteiger charge is -2.11. The van der Waals surface area contributed by atoms with E-state index >= 15 is 0 Å².